The zero-order valence-electron chi connectivity index (χ0n) is 7.61. The first-order chi connectivity index (χ1) is 6.95. The van der Waals surface area contributed by atoms with Crippen molar-refractivity contribution < 1.29 is 17.2 Å². The van der Waals surface area contributed by atoms with E-state index >= 15 is 0 Å². The third-order valence-electron chi connectivity index (χ3n) is 1.53. The Morgan fingerprint density at radius 2 is 2.13 bits per heavy atom. The number of thiophene rings is 1. The van der Waals surface area contributed by atoms with Crippen molar-refractivity contribution >= 4 is 21.4 Å². The molecule has 0 saturated carbocycles. The number of hydrogen-bond donors (Lipinski definition) is 2. The van der Waals surface area contributed by atoms with Gasteiger partial charge in [-0.2, -0.15) is 0 Å². The highest BCUT2D eigenvalue weighted by Crippen LogP contribution is 2.20. The van der Waals surface area contributed by atoms with Gasteiger partial charge in [-0.15, -0.1) is 11.3 Å². The van der Waals surface area contributed by atoms with Gasteiger partial charge in [-0.25, -0.2) is 21.9 Å². The molecule has 0 aliphatic rings. The van der Waals surface area contributed by atoms with E-state index in [0.29, 0.717) is 4.88 Å². The quantitative estimate of drug-likeness (QED) is 0.816. The molecule has 0 saturated heterocycles. The van der Waals surface area contributed by atoms with Gasteiger partial charge in [-0.1, -0.05) is 0 Å². The third-order valence-corrected chi connectivity index (χ3v) is 4.55. The van der Waals surface area contributed by atoms with Gasteiger partial charge in [0.15, 0.2) is 0 Å². The summed E-state index contributed by atoms with van der Waals surface area (Å²) < 4.78 is 48.2. The molecule has 86 valence electrons. The summed E-state index contributed by atoms with van der Waals surface area (Å²) in [5.74, 6) is 0. The lowest BCUT2D eigenvalue weighted by Crippen LogP contribution is -2.27. The maximum Gasteiger partial charge on any atom is 0.251 e. The van der Waals surface area contributed by atoms with Crippen LogP contribution in [0.5, 0.6) is 0 Å². The molecule has 8 heteroatoms. The van der Waals surface area contributed by atoms with E-state index in [1.807, 2.05) is 0 Å². The van der Waals surface area contributed by atoms with Crippen molar-refractivity contribution in [1.82, 2.24) is 4.72 Å². The number of nitrogens with two attached hydrogens (primary N) is 1. The number of rotatable bonds is 5. The molecule has 0 aliphatic carbocycles. The summed E-state index contributed by atoms with van der Waals surface area (Å²) in [6, 6.07) is 2.91. The second-order valence-corrected chi connectivity index (χ2v) is 5.83. The van der Waals surface area contributed by atoms with Crippen LogP contribution in [0.2, 0.25) is 0 Å². The fourth-order valence-electron chi connectivity index (χ4n) is 0.856. The zero-order chi connectivity index (χ0) is 11.5. The Morgan fingerprint density at radius 3 is 2.60 bits per heavy atom. The van der Waals surface area contributed by atoms with E-state index in [-0.39, 0.29) is 10.8 Å². The first-order valence-electron chi connectivity index (χ1n) is 4.02. The molecule has 0 fully saturated rings. The fourth-order valence-corrected chi connectivity index (χ4v) is 3.14. The van der Waals surface area contributed by atoms with Gasteiger partial charge in [0.1, 0.15) is 4.21 Å². The maximum atomic E-state index is 11.8. The minimum absolute atomic E-state index is 0.00333. The molecule has 0 bridgehead atoms. The number of hydrogen-bond acceptors (Lipinski definition) is 4. The molecule has 3 N–H and O–H groups in total. The molecular weight excluding hydrogens is 246 g/mol. The molecule has 15 heavy (non-hydrogen) atoms. The van der Waals surface area contributed by atoms with Crippen LogP contribution in [0.1, 0.15) is 4.88 Å². The summed E-state index contributed by atoms with van der Waals surface area (Å²) in [7, 11) is -3.81. The van der Waals surface area contributed by atoms with Crippen LogP contribution in [-0.4, -0.2) is 21.4 Å². The second kappa shape index (κ2) is 4.97. The molecule has 0 unspecified atom stereocenters. The minimum Gasteiger partial charge on any atom is -0.326 e. The highest BCUT2D eigenvalue weighted by Gasteiger charge is 2.17. The monoisotopic (exact) mass is 256 g/mol. The van der Waals surface area contributed by atoms with Gasteiger partial charge in [0, 0.05) is 11.4 Å². The van der Waals surface area contributed by atoms with Crippen molar-refractivity contribution in [2.75, 3.05) is 6.54 Å². The summed E-state index contributed by atoms with van der Waals surface area (Å²) in [4.78, 5) is 0.687. The maximum absolute atomic E-state index is 11.8. The Labute approximate surface area is 90.1 Å². The van der Waals surface area contributed by atoms with Crippen LogP contribution in [0.3, 0.4) is 0 Å². The molecular formula is C7H10F2N2O2S2. The molecule has 1 aromatic rings. The van der Waals surface area contributed by atoms with Crippen LogP contribution in [0.4, 0.5) is 8.78 Å². The van der Waals surface area contributed by atoms with E-state index in [1.165, 1.54) is 6.07 Å². The highest BCUT2D eigenvalue weighted by atomic mass is 32.2. The third kappa shape index (κ3) is 3.49. The highest BCUT2D eigenvalue weighted by molar-refractivity contribution is 7.91. The first-order valence-corrected chi connectivity index (χ1v) is 6.32. The number of halogens is 2. The summed E-state index contributed by atoms with van der Waals surface area (Å²) in [5.41, 5.74) is 5.30. The van der Waals surface area contributed by atoms with Crippen molar-refractivity contribution in [3.8, 4) is 0 Å². The topological polar surface area (TPSA) is 72.2 Å². The van der Waals surface area contributed by atoms with E-state index in [4.69, 9.17) is 5.73 Å². The molecule has 0 spiro atoms. The number of alkyl halides is 2. The fraction of sp³-hybridized carbons (Fsp3) is 0.429. The smallest absolute Gasteiger partial charge is 0.251 e. The minimum atomic E-state index is -3.81. The van der Waals surface area contributed by atoms with E-state index in [1.54, 1.807) is 10.8 Å². The van der Waals surface area contributed by atoms with E-state index in [9.17, 15) is 17.2 Å². The van der Waals surface area contributed by atoms with Crippen LogP contribution in [-0.2, 0) is 16.6 Å². The average molecular weight is 256 g/mol. The van der Waals surface area contributed by atoms with Gasteiger partial charge in [0.25, 0.3) is 6.43 Å². The molecule has 0 amide bonds. The van der Waals surface area contributed by atoms with Crippen molar-refractivity contribution in [3.05, 3.63) is 17.0 Å². The van der Waals surface area contributed by atoms with Crippen LogP contribution < -0.4 is 10.5 Å². The second-order valence-electron chi connectivity index (χ2n) is 2.67. The lowest BCUT2D eigenvalue weighted by atomic mass is 10.5. The normalized spacial score (nSPS) is 12.3. The van der Waals surface area contributed by atoms with Gasteiger partial charge in [-0.05, 0) is 12.1 Å². The van der Waals surface area contributed by atoms with E-state index in [2.05, 4.69) is 0 Å². The Hall–Kier alpha value is -0.570. The van der Waals surface area contributed by atoms with Crippen molar-refractivity contribution in [1.29, 1.82) is 0 Å². The molecule has 0 radical (unpaired) electrons. The van der Waals surface area contributed by atoms with Gasteiger partial charge in [-0.3, -0.25) is 0 Å². The lowest BCUT2D eigenvalue weighted by molar-refractivity contribution is 0.153. The van der Waals surface area contributed by atoms with E-state index < -0.39 is 23.0 Å². The Balaban J connectivity index is 2.77. The number of sulfonamides is 1. The van der Waals surface area contributed by atoms with Crippen LogP contribution >= 0.6 is 11.3 Å². The molecule has 0 aromatic carbocycles. The number of nitrogens with one attached hydrogen (secondary N) is 1. The molecule has 1 aromatic heterocycles. The molecule has 0 atom stereocenters. The Bertz CT molecular complexity index is 416. The van der Waals surface area contributed by atoms with Crippen molar-refractivity contribution in [3.63, 3.8) is 0 Å². The largest absolute Gasteiger partial charge is 0.326 e. The SMILES string of the molecule is NCc1ccc(S(=O)(=O)NCC(F)F)s1. The zero-order valence-corrected chi connectivity index (χ0v) is 9.25. The summed E-state index contributed by atoms with van der Waals surface area (Å²) in [5, 5.41) is 0. The van der Waals surface area contributed by atoms with Gasteiger partial charge >= 0.3 is 0 Å². The van der Waals surface area contributed by atoms with Crippen LogP contribution in [0.15, 0.2) is 16.3 Å². The lowest BCUT2D eigenvalue weighted by Gasteiger charge is -2.02. The predicted octanol–water partition coefficient (Wildman–Crippen LogP) is 0.750. The molecule has 1 heterocycles. The molecule has 1 rings (SSSR count). The molecule has 0 aliphatic heterocycles. The van der Waals surface area contributed by atoms with Crippen LogP contribution in [0.25, 0.3) is 0 Å². The van der Waals surface area contributed by atoms with Crippen molar-refractivity contribution in [2.45, 2.75) is 17.2 Å². The van der Waals surface area contributed by atoms with Crippen molar-refractivity contribution in [2.24, 2.45) is 5.73 Å². The summed E-state index contributed by atoms with van der Waals surface area (Å²) >= 11 is 0.971. The standard InChI is InChI=1S/C7H10F2N2O2S2/c8-6(9)4-11-15(12,13)7-2-1-5(3-10)14-7/h1-2,6,11H,3-4,10H2. The average Bonchev–Trinajstić information content (AvgIpc) is 2.63. The summed E-state index contributed by atoms with van der Waals surface area (Å²) in [6.07, 6.45) is -2.70. The predicted molar refractivity (Wildman–Crippen MR) is 53.4 cm³/mol. The Morgan fingerprint density at radius 1 is 1.47 bits per heavy atom. The molecule has 4 nitrogen and oxygen atoms in total. The Kier molecular flexibility index (Phi) is 4.14. The summed E-state index contributed by atoms with van der Waals surface area (Å²) in [6.45, 7) is -0.646. The van der Waals surface area contributed by atoms with Gasteiger partial charge in [0.05, 0.1) is 6.54 Å². The van der Waals surface area contributed by atoms with E-state index in [0.717, 1.165) is 11.3 Å². The first kappa shape index (κ1) is 12.5. The van der Waals surface area contributed by atoms with Gasteiger partial charge in [0.2, 0.25) is 10.0 Å². The van der Waals surface area contributed by atoms with Crippen LogP contribution in [0, 0.1) is 0 Å². The van der Waals surface area contributed by atoms with Gasteiger partial charge < -0.3 is 5.73 Å².